The van der Waals surface area contributed by atoms with Gasteiger partial charge in [-0.1, -0.05) is 25.3 Å². The molecule has 162 valence electrons. The molecule has 1 amide bonds. The van der Waals surface area contributed by atoms with Crippen LogP contribution in [0.1, 0.15) is 54.4 Å². The molecule has 1 aromatic carbocycles. The lowest BCUT2D eigenvalue weighted by Gasteiger charge is -2.32. The zero-order valence-corrected chi connectivity index (χ0v) is 19.1. The van der Waals surface area contributed by atoms with Gasteiger partial charge in [0.25, 0.3) is 5.91 Å². The molecule has 2 N–H and O–H groups in total. The fourth-order valence-corrected chi connectivity index (χ4v) is 6.69. The minimum atomic E-state index is -3.52. The van der Waals surface area contributed by atoms with Crippen molar-refractivity contribution < 1.29 is 18.1 Å². The summed E-state index contributed by atoms with van der Waals surface area (Å²) >= 11 is 0. The van der Waals surface area contributed by atoms with Crippen LogP contribution in [0.3, 0.4) is 0 Å². The predicted molar refractivity (Wildman–Crippen MR) is 115 cm³/mol. The first-order valence-electron chi connectivity index (χ1n) is 10.9. The molecule has 0 aromatic heterocycles. The third-order valence-electron chi connectivity index (χ3n) is 6.71. The molecule has 2 fully saturated rings. The summed E-state index contributed by atoms with van der Waals surface area (Å²) < 4.78 is 28.3. The van der Waals surface area contributed by atoms with E-state index in [0.29, 0.717) is 43.7 Å². The van der Waals surface area contributed by atoms with Crippen LogP contribution in [0.2, 0.25) is 0 Å². The minimum Gasteiger partial charge on any atom is -0.348 e. The van der Waals surface area contributed by atoms with E-state index in [9.17, 15) is 13.2 Å². The molecule has 3 rings (SSSR count). The van der Waals surface area contributed by atoms with Gasteiger partial charge in [-0.25, -0.2) is 8.42 Å². The molecule has 1 aliphatic carbocycles. The van der Waals surface area contributed by atoms with E-state index in [1.165, 1.54) is 24.2 Å². The summed E-state index contributed by atoms with van der Waals surface area (Å²) in [7, 11) is -3.52. The fraction of sp³-hybridized carbons (Fsp3) is 0.682. The quantitative estimate of drug-likeness (QED) is 0.751. The number of nitrogens with zero attached hydrogens (tertiary/aromatic N) is 1. The second-order valence-corrected chi connectivity index (χ2v) is 10.7. The Kier molecular flexibility index (Phi) is 7.02. The summed E-state index contributed by atoms with van der Waals surface area (Å²) in [6.45, 7) is 10.4. The summed E-state index contributed by atoms with van der Waals surface area (Å²) in [6.07, 6.45) is 5.84. The van der Waals surface area contributed by atoms with Gasteiger partial charge in [0.05, 0.1) is 31.1 Å². The van der Waals surface area contributed by atoms with Crippen molar-refractivity contribution in [3.63, 3.8) is 0 Å². The highest BCUT2D eigenvalue weighted by Gasteiger charge is 2.34. The summed E-state index contributed by atoms with van der Waals surface area (Å²) in [6, 6.07) is 2.38. The molecule has 0 spiro atoms. The van der Waals surface area contributed by atoms with Gasteiger partial charge in [0.15, 0.2) is 6.54 Å². The average Bonchev–Trinajstić information content (AvgIpc) is 2.67. The maximum absolute atomic E-state index is 13.4. The number of carbonyl (C=O) groups excluding carboxylic acids is 1. The van der Waals surface area contributed by atoms with E-state index in [4.69, 9.17) is 0 Å². The van der Waals surface area contributed by atoms with Crippen molar-refractivity contribution >= 4 is 15.9 Å². The van der Waals surface area contributed by atoms with Crippen LogP contribution in [0.4, 0.5) is 0 Å². The highest BCUT2D eigenvalue weighted by Crippen LogP contribution is 2.28. The number of piperazine rings is 1. The van der Waals surface area contributed by atoms with Gasteiger partial charge in [0, 0.05) is 6.04 Å². The van der Waals surface area contributed by atoms with Gasteiger partial charge < -0.3 is 10.2 Å². The number of sulfonamides is 1. The highest BCUT2D eigenvalue weighted by atomic mass is 32.2. The highest BCUT2D eigenvalue weighted by molar-refractivity contribution is 7.89. The maximum atomic E-state index is 13.4. The van der Waals surface area contributed by atoms with Crippen molar-refractivity contribution in [1.82, 2.24) is 9.62 Å². The van der Waals surface area contributed by atoms with Gasteiger partial charge in [-0.3, -0.25) is 4.79 Å². The minimum absolute atomic E-state index is 0.101. The van der Waals surface area contributed by atoms with Crippen LogP contribution in [0.25, 0.3) is 0 Å². The monoisotopic (exact) mass is 422 g/mol. The molecule has 0 unspecified atom stereocenters. The normalized spacial score (nSPS) is 20.0. The maximum Gasteiger partial charge on any atom is 0.275 e. The largest absolute Gasteiger partial charge is 0.348 e. The number of aryl methyl sites for hydroxylation is 2. The Bertz CT molecular complexity index is 826. The molecular weight excluding hydrogens is 386 g/mol. The number of amides is 1. The Hall–Kier alpha value is -1.44. The molecule has 2 aliphatic rings. The van der Waals surface area contributed by atoms with Crippen LogP contribution in [0.15, 0.2) is 11.0 Å². The van der Waals surface area contributed by atoms with E-state index in [2.05, 4.69) is 11.4 Å². The lowest BCUT2D eigenvalue weighted by atomic mass is 9.95. The number of quaternary nitrogens is 1. The molecule has 7 heteroatoms. The zero-order valence-electron chi connectivity index (χ0n) is 18.3. The Balaban J connectivity index is 1.61. The molecule has 0 bridgehead atoms. The standard InChI is InChI=1S/C22H35N3O3S/c1-16-14-17(2)19(4)22(18(16)3)29(27,28)25-12-10-24(11-13-25)15-21(26)23-20-8-6-5-7-9-20/h14,20H,5-13,15H2,1-4H3,(H,23,26)/p+1. The number of hydrogen-bond donors (Lipinski definition) is 2. The summed E-state index contributed by atoms with van der Waals surface area (Å²) in [5, 5.41) is 3.17. The Labute approximate surface area is 175 Å². The van der Waals surface area contributed by atoms with Crippen LogP contribution in [-0.2, 0) is 14.8 Å². The van der Waals surface area contributed by atoms with Gasteiger partial charge in [0.1, 0.15) is 0 Å². The molecule has 29 heavy (non-hydrogen) atoms. The SMILES string of the molecule is Cc1cc(C)c(C)c(S(=O)(=O)N2CC[NH+](CC(=O)NC3CCCCC3)CC2)c1C. The molecule has 6 nitrogen and oxygen atoms in total. The third-order valence-corrected chi connectivity index (χ3v) is 8.88. The summed E-state index contributed by atoms with van der Waals surface area (Å²) in [5.41, 5.74) is 3.70. The predicted octanol–water partition coefficient (Wildman–Crippen LogP) is 1.26. The van der Waals surface area contributed by atoms with Crippen molar-refractivity contribution in [3.8, 4) is 0 Å². The van der Waals surface area contributed by atoms with E-state index in [1.54, 1.807) is 4.31 Å². The topological polar surface area (TPSA) is 70.9 Å². The van der Waals surface area contributed by atoms with Gasteiger partial charge in [0.2, 0.25) is 10.0 Å². The summed E-state index contributed by atoms with van der Waals surface area (Å²) in [4.78, 5) is 14.0. The van der Waals surface area contributed by atoms with Crippen LogP contribution in [-0.4, -0.2) is 57.4 Å². The third kappa shape index (κ3) is 5.01. The number of rotatable bonds is 5. The van der Waals surface area contributed by atoms with Gasteiger partial charge in [-0.05, 0) is 62.8 Å². The van der Waals surface area contributed by atoms with Crippen LogP contribution in [0, 0.1) is 27.7 Å². The number of carbonyl (C=O) groups is 1. The van der Waals surface area contributed by atoms with Gasteiger partial charge in [-0.15, -0.1) is 0 Å². The van der Waals surface area contributed by atoms with E-state index < -0.39 is 10.0 Å². The van der Waals surface area contributed by atoms with Crippen LogP contribution >= 0.6 is 0 Å². The van der Waals surface area contributed by atoms with Gasteiger partial charge in [-0.2, -0.15) is 4.31 Å². The molecule has 1 aromatic rings. The van der Waals surface area contributed by atoms with Crippen molar-refractivity contribution in [2.75, 3.05) is 32.7 Å². The molecule has 0 radical (unpaired) electrons. The number of hydrogen-bond acceptors (Lipinski definition) is 3. The second-order valence-electron chi connectivity index (χ2n) is 8.82. The average molecular weight is 423 g/mol. The molecule has 0 atom stereocenters. The smallest absolute Gasteiger partial charge is 0.275 e. The Morgan fingerprint density at radius 3 is 2.14 bits per heavy atom. The lowest BCUT2D eigenvalue weighted by Crippen LogP contribution is -3.15. The fourth-order valence-electron chi connectivity index (χ4n) is 4.67. The van der Waals surface area contributed by atoms with Crippen molar-refractivity contribution in [1.29, 1.82) is 0 Å². The summed E-state index contributed by atoms with van der Waals surface area (Å²) in [5.74, 6) is 0.101. The molecule has 1 heterocycles. The first-order chi connectivity index (χ1) is 13.7. The molecule has 1 aliphatic heterocycles. The first kappa shape index (κ1) is 22.2. The number of benzene rings is 1. The lowest BCUT2D eigenvalue weighted by molar-refractivity contribution is -0.895. The second kappa shape index (κ2) is 9.14. The molecule has 1 saturated heterocycles. The van der Waals surface area contributed by atoms with Crippen molar-refractivity contribution in [2.45, 2.75) is 70.7 Å². The van der Waals surface area contributed by atoms with E-state index >= 15 is 0 Å². The van der Waals surface area contributed by atoms with Gasteiger partial charge >= 0.3 is 0 Å². The van der Waals surface area contributed by atoms with E-state index in [0.717, 1.165) is 35.1 Å². The van der Waals surface area contributed by atoms with E-state index in [-0.39, 0.29) is 5.91 Å². The Morgan fingerprint density at radius 1 is 1.03 bits per heavy atom. The van der Waals surface area contributed by atoms with Crippen LogP contribution in [0.5, 0.6) is 0 Å². The number of nitrogens with one attached hydrogen (secondary N) is 2. The van der Waals surface area contributed by atoms with Crippen molar-refractivity contribution in [2.24, 2.45) is 0 Å². The Morgan fingerprint density at radius 2 is 1.59 bits per heavy atom. The molecule has 1 saturated carbocycles. The van der Waals surface area contributed by atoms with E-state index in [1.807, 2.05) is 27.7 Å². The zero-order chi connectivity index (χ0) is 21.2. The molecular formula is C22H36N3O3S+. The first-order valence-corrected chi connectivity index (χ1v) is 12.3. The van der Waals surface area contributed by atoms with Crippen molar-refractivity contribution in [3.05, 3.63) is 28.3 Å². The van der Waals surface area contributed by atoms with Crippen LogP contribution < -0.4 is 10.2 Å².